The largest absolute Gasteiger partial charge is 0.311 e. The predicted octanol–water partition coefficient (Wildman–Crippen LogP) is 3.67. The third kappa shape index (κ3) is 3.52. The molecule has 2 unspecified atom stereocenters. The SMILES string of the molecule is CCC(C)C1CN(CCC(C)C)C2(CCCC2)CN1. The summed E-state index contributed by atoms with van der Waals surface area (Å²) in [5.41, 5.74) is 0.513. The number of nitrogens with zero attached hydrogens (tertiary/aromatic N) is 1. The fourth-order valence-corrected chi connectivity index (χ4v) is 3.86. The second-order valence-corrected chi connectivity index (χ2v) is 7.43. The number of hydrogen-bond acceptors (Lipinski definition) is 2. The third-order valence-corrected chi connectivity index (χ3v) is 5.62. The molecule has 2 rings (SSSR count). The molecule has 1 aliphatic carbocycles. The lowest BCUT2D eigenvalue weighted by Crippen LogP contribution is -2.65. The highest BCUT2D eigenvalue weighted by molar-refractivity contribution is 5.02. The van der Waals surface area contributed by atoms with Crippen LogP contribution in [0, 0.1) is 11.8 Å². The molecule has 2 aliphatic rings. The third-order valence-electron chi connectivity index (χ3n) is 5.62. The molecule has 2 fully saturated rings. The van der Waals surface area contributed by atoms with E-state index in [0.29, 0.717) is 11.6 Å². The molecule has 0 aromatic carbocycles. The lowest BCUT2D eigenvalue weighted by Gasteiger charge is -2.50. The summed E-state index contributed by atoms with van der Waals surface area (Å²) in [6, 6.07) is 0.711. The Morgan fingerprint density at radius 2 is 1.89 bits per heavy atom. The maximum atomic E-state index is 3.88. The molecule has 1 N–H and O–H groups in total. The van der Waals surface area contributed by atoms with E-state index in [2.05, 4.69) is 37.9 Å². The zero-order valence-corrected chi connectivity index (χ0v) is 13.5. The van der Waals surface area contributed by atoms with E-state index in [1.54, 1.807) is 0 Å². The van der Waals surface area contributed by atoms with Gasteiger partial charge in [-0.3, -0.25) is 4.90 Å². The molecule has 1 spiro atoms. The van der Waals surface area contributed by atoms with Crippen LogP contribution >= 0.6 is 0 Å². The number of nitrogens with one attached hydrogen (secondary N) is 1. The van der Waals surface area contributed by atoms with Gasteiger partial charge in [-0.1, -0.05) is 47.0 Å². The van der Waals surface area contributed by atoms with Crippen molar-refractivity contribution in [1.82, 2.24) is 10.2 Å². The van der Waals surface area contributed by atoms with E-state index in [9.17, 15) is 0 Å². The van der Waals surface area contributed by atoms with E-state index in [1.807, 2.05) is 0 Å². The predicted molar refractivity (Wildman–Crippen MR) is 83.5 cm³/mol. The van der Waals surface area contributed by atoms with Crippen LogP contribution < -0.4 is 5.32 Å². The first-order chi connectivity index (χ1) is 9.07. The fraction of sp³-hybridized carbons (Fsp3) is 1.00. The first kappa shape index (κ1) is 15.3. The number of hydrogen-bond donors (Lipinski definition) is 1. The highest BCUT2D eigenvalue weighted by Crippen LogP contribution is 2.38. The van der Waals surface area contributed by atoms with Gasteiger partial charge in [0.2, 0.25) is 0 Å². The van der Waals surface area contributed by atoms with Gasteiger partial charge >= 0.3 is 0 Å². The van der Waals surface area contributed by atoms with Crippen molar-refractivity contribution in [2.75, 3.05) is 19.6 Å². The van der Waals surface area contributed by atoms with Gasteiger partial charge in [0.1, 0.15) is 0 Å². The molecule has 2 nitrogen and oxygen atoms in total. The number of piperazine rings is 1. The molecule has 0 aromatic heterocycles. The van der Waals surface area contributed by atoms with Crippen molar-refractivity contribution in [1.29, 1.82) is 0 Å². The van der Waals surface area contributed by atoms with Crippen molar-refractivity contribution in [3.05, 3.63) is 0 Å². The molecule has 0 radical (unpaired) electrons. The van der Waals surface area contributed by atoms with Gasteiger partial charge in [0.15, 0.2) is 0 Å². The van der Waals surface area contributed by atoms with Gasteiger partial charge in [-0.25, -0.2) is 0 Å². The van der Waals surface area contributed by atoms with Crippen LogP contribution in [0.5, 0.6) is 0 Å². The summed E-state index contributed by atoms with van der Waals surface area (Å²) in [4.78, 5) is 2.87. The molecule has 0 amide bonds. The van der Waals surface area contributed by atoms with Crippen LogP contribution in [-0.2, 0) is 0 Å². The van der Waals surface area contributed by atoms with Crippen LogP contribution in [-0.4, -0.2) is 36.1 Å². The van der Waals surface area contributed by atoms with Gasteiger partial charge in [0.25, 0.3) is 0 Å². The van der Waals surface area contributed by atoms with E-state index in [-0.39, 0.29) is 0 Å². The van der Waals surface area contributed by atoms with Crippen LogP contribution in [0.2, 0.25) is 0 Å². The Morgan fingerprint density at radius 3 is 2.47 bits per heavy atom. The number of rotatable bonds is 5. The van der Waals surface area contributed by atoms with Crippen molar-refractivity contribution < 1.29 is 0 Å². The van der Waals surface area contributed by atoms with Crippen molar-refractivity contribution in [3.63, 3.8) is 0 Å². The molecule has 2 heteroatoms. The average Bonchev–Trinajstić information content (AvgIpc) is 2.86. The smallest absolute Gasteiger partial charge is 0.0334 e. The van der Waals surface area contributed by atoms with Crippen LogP contribution in [0.3, 0.4) is 0 Å². The summed E-state index contributed by atoms with van der Waals surface area (Å²) in [5.74, 6) is 1.63. The summed E-state index contributed by atoms with van der Waals surface area (Å²) in [6.45, 7) is 13.3. The van der Waals surface area contributed by atoms with Gasteiger partial charge in [-0.05, 0) is 37.6 Å². The van der Waals surface area contributed by atoms with Crippen LogP contribution in [0.1, 0.15) is 66.2 Å². The van der Waals surface area contributed by atoms with Crippen molar-refractivity contribution >= 4 is 0 Å². The maximum Gasteiger partial charge on any atom is 0.0334 e. The standard InChI is InChI=1S/C17H34N2/c1-5-15(4)16-12-19(11-8-14(2)3)17(13-18-16)9-6-7-10-17/h14-16,18H,5-13H2,1-4H3. The molecule has 19 heavy (non-hydrogen) atoms. The molecular weight excluding hydrogens is 232 g/mol. The van der Waals surface area contributed by atoms with Crippen molar-refractivity contribution in [2.45, 2.75) is 77.8 Å². The highest BCUT2D eigenvalue weighted by atomic mass is 15.3. The Labute approximate surface area is 120 Å². The Bertz CT molecular complexity index is 268. The van der Waals surface area contributed by atoms with Crippen molar-refractivity contribution in [3.8, 4) is 0 Å². The summed E-state index contributed by atoms with van der Waals surface area (Å²) < 4.78 is 0. The Morgan fingerprint density at radius 1 is 1.21 bits per heavy atom. The lowest BCUT2D eigenvalue weighted by atomic mass is 9.86. The normalized spacial score (nSPS) is 29.2. The molecular formula is C17H34N2. The Kier molecular flexibility index (Phi) is 5.30. The van der Waals surface area contributed by atoms with E-state index in [0.717, 1.165) is 11.8 Å². The second-order valence-electron chi connectivity index (χ2n) is 7.43. The Hall–Kier alpha value is -0.0800. The Balaban J connectivity index is 2.01. The minimum Gasteiger partial charge on any atom is -0.311 e. The van der Waals surface area contributed by atoms with E-state index in [4.69, 9.17) is 0 Å². The summed E-state index contributed by atoms with van der Waals surface area (Å²) in [5, 5.41) is 3.88. The molecule has 1 saturated carbocycles. The minimum atomic E-state index is 0.513. The topological polar surface area (TPSA) is 15.3 Å². The quantitative estimate of drug-likeness (QED) is 0.817. The summed E-state index contributed by atoms with van der Waals surface area (Å²) in [7, 11) is 0. The molecule has 112 valence electrons. The maximum absolute atomic E-state index is 3.88. The zero-order chi connectivity index (χ0) is 13.9. The lowest BCUT2D eigenvalue weighted by molar-refractivity contribution is 0.0274. The van der Waals surface area contributed by atoms with E-state index >= 15 is 0 Å². The van der Waals surface area contributed by atoms with Crippen molar-refractivity contribution in [2.24, 2.45) is 11.8 Å². The van der Waals surface area contributed by atoms with Crippen LogP contribution in [0.4, 0.5) is 0 Å². The second kappa shape index (κ2) is 6.58. The van der Waals surface area contributed by atoms with E-state index < -0.39 is 0 Å². The fourth-order valence-electron chi connectivity index (χ4n) is 3.86. The van der Waals surface area contributed by atoms with Gasteiger partial charge in [0, 0.05) is 24.7 Å². The molecule has 1 heterocycles. The minimum absolute atomic E-state index is 0.513. The first-order valence-electron chi connectivity index (χ1n) is 8.56. The molecule has 1 aliphatic heterocycles. The van der Waals surface area contributed by atoms with Gasteiger partial charge < -0.3 is 5.32 Å². The molecule has 0 bridgehead atoms. The van der Waals surface area contributed by atoms with Gasteiger partial charge in [-0.15, -0.1) is 0 Å². The highest BCUT2D eigenvalue weighted by Gasteiger charge is 2.43. The monoisotopic (exact) mass is 266 g/mol. The molecule has 2 atom stereocenters. The zero-order valence-electron chi connectivity index (χ0n) is 13.5. The summed E-state index contributed by atoms with van der Waals surface area (Å²) in [6.07, 6.45) is 8.37. The van der Waals surface area contributed by atoms with Crippen LogP contribution in [0.25, 0.3) is 0 Å². The average molecular weight is 266 g/mol. The first-order valence-corrected chi connectivity index (χ1v) is 8.56. The van der Waals surface area contributed by atoms with E-state index in [1.165, 1.54) is 58.2 Å². The van der Waals surface area contributed by atoms with Crippen LogP contribution in [0.15, 0.2) is 0 Å². The molecule has 1 saturated heterocycles. The van der Waals surface area contributed by atoms with Gasteiger partial charge in [0.05, 0.1) is 0 Å². The molecule has 0 aromatic rings. The summed E-state index contributed by atoms with van der Waals surface area (Å²) >= 11 is 0. The van der Waals surface area contributed by atoms with Gasteiger partial charge in [-0.2, -0.15) is 0 Å².